The van der Waals surface area contributed by atoms with Crippen LogP contribution in [0, 0.1) is 34.0 Å². The van der Waals surface area contributed by atoms with Crippen LogP contribution in [0.5, 0.6) is 0 Å². The molecule has 3 N–H and O–H groups in total. The first-order valence-corrected chi connectivity index (χ1v) is 6.59. The number of nitrogens with one attached hydrogen (secondary N) is 1. The van der Waals surface area contributed by atoms with Crippen molar-refractivity contribution in [2.75, 3.05) is 0 Å². The number of rotatable bonds is 1. The second kappa shape index (κ2) is 5.36. The Bertz CT molecular complexity index is 653. The summed E-state index contributed by atoms with van der Waals surface area (Å²) in [6, 6.07) is 11.1. The van der Waals surface area contributed by atoms with Gasteiger partial charge in [-0.25, -0.2) is 0 Å². The topological polar surface area (TPSA) is 97.4 Å². The zero-order valence-electron chi connectivity index (χ0n) is 9.72. The van der Waals surface area contributed by atoms with E-state index in [0.717, 1.165) is 11.8 Å². The van der Waals surface area contributed by atoms with Gasteiger partial charge in [0, 0.05) is 10.9 Å². The highest BCUT2D eigenvalue weighted by atomic mass is 35.5. The van der Waals surface area contributed by atoms with Gasteiger partial charge in [0.05, 0.1) is 27.8 Å². The molecule has 94 valence electrons. The van der Waals surface area contributed by atoms with Crippen molar-refractivity contribution in [3.63, 3.8) is 0 Å². The van der Waals surface area contributed by atoms with E-state index in [4.69, 9.17) is 22.7 Å². The van der Waals surface area contributed by atoms with Gasteiger partial charge in [-0.05, 0) is 11.6 Å². The number of nitriles is 2. The summed E-state index contributed by atoms with van der Waals surface area (Å²) in [5, 5.41) is 27.3. The molecule has 1 heterocycles. The maximum Gasteiger partial charge on any atom is 0.106 e. The van der Waals surface area contributed by atoms with E-state index in [-0.39, 0.29) is 10.1 Å². The molecule has 0 aromatic heterocycles. The number of thioether (sulfide) groups is 1. The van der Waals surface area contributed by atoms with Crippen molar-refractivity contribution in [3.8, 4) is 12.1 Å². The van der Waals surface area contributed by atoms with E-state index in [1.54, 1.807) is 24.3 Å². The van der Waals surface area contributed by atoms with Crippen LogP contribution < -0.4 is 5.73 Å². The normalized spacial score (nSPS) is 22.8. The van der Waals surface area contributed by atoms with Crippen LogP contribution in [0.4, 0.5) is 0 Å². The summed E-state index contributed by atoms with van der Waals surface area (Å²) in [5.74, 6) is -1.30. The van der Waals surface area contributed by atoms with Crippen LogP contribution in [0.25, 0.3) is 0 Å². The maximum atomic E-state index is 9.26. The minimum atomic E-state index is -0.730. The molecule has 0 saturated heterocycles. The van der Waals surface area contributed by atoms with Crippen LogP contribution in [0.2, 0.25) is 5.02 Å². The molecule has 0 bridgehead atoms. The van der Waals surface area contributed by atoms with Gasteiger partial charge >= 0.3 is 0 Å². The number of nitrogens with zero attached hydrogens (tertiary/aromatic N) is 2. The largest absolute Gasteiger partial charge is 0.392 e. The van der Waals surface area contributed by atoms with Gasteiger partial charge in [0.25, 0.3) is 0 Å². The number of hydrogen-bond acceptors (Lipinski definition) is 5. The predicted octanol–water partition coefficient (Wildman–Crippen LogP) is 2.98. The molecule has 2 atom stereocenters. The molecular formula is C13H9ClN4S. The van der Waals surface area contributed by atoms with Crippen molar-refractivity contribution in [2.24, 2.45) is 11.7 Å². The first kappa shape index (κ1) is 13.5. The molecule has 1 aromatic rings. The molecular weight excluding hydrogens is 280 g/mol. The predicted molar refractivity (Wildman–Crippen MR) is 75.4 cm³/mol. The zero-order chi connectivity index (χ0) is 14.0. The van der Waals surface area contributed by atoms with Crippen LogP contribution in [0.3, 0.4) is 0 Å². The average molecular weight is 289 g/mol. The summed E-state index contributed by atoms with van der Waals surface area (Å²) >= 11 is 7.10. The average Bonchev–Trinajstić information content (AvgIpc) is 2.38. The van der Waals surface area contributed by atoms with Gasteiger partial charge in [0.1, 0.15) is 5.92 Å². The lowest BCUT2D eigenvalue weighted by Crippen LogP contribution is -2.27. The van der Waals surface area contributed by atoms with Crippen LogP contribution in [-0.2, 0) is 0 Å². The summed E-state index contributed by atoms with van der Waals surface area (Å²) in [4.78, 5) is 0. The van der Waals surface area contributed by atoms with E-state index in [2.05, 4.69) is 6.07 Å². The van der Waals surface area contributed by atoms with Crippen molar-refractivity contribution in [1.29, 1.82) is 15.9 Å². The highest BCUT2D eigenvalue weighted by molar-refractivity contribution is 8.17. The Hall–Kier alpha value is -1.95. The quantitative estimate of drug-likeness (QED) is 0.830. The highest BCUT2D eigenvalue weighted by Gasteiger charge is 2.37. The van der Waals surface area contributed by atoms with Gasteiger partial charge in [-0.1, -0.05) is 41.6 Å². The van der Waals surface area contributed by atoms with Gasteiger partial charge in [0.15, 0.2) is 0 Å². The number of allylic oxidation sites excluding steroid dienone is 1. The lowest BCUT2D eigenvalue weighted by atomic mass is 9.81. The molecule has 0 unspecified atom stereocenters. The van der Waals surface area contributed by atoms with Crippen molar-refractivity contribution in [2.45, 2.75) is 5.92 Å². The molecule has 4 nitrogen and oxygen atoms in total. The number of benzene rings is 1. The Morgan fingerprint density at radius 2 is 2.00 bits per heavy atom. The molecule has 0 aliphatic carbocycles. The zero-order valence-corrected chi connectivity index (χ0v) is 11.3. The number of hydrogen-bond donors (Lipinski definition) is 2. The van der Waals surface area contributed by atoms with E-state index in [0.29, 0.717) is 16.2 Å². The van der Waals surface area contributed by atoms with Crippen molar-refractivity contribution >= 4 is 28.4 Å². The summed E-state index contributed by atoms with van der Waals surface area (Å²) < 4.78 is 0. The molecule has 0 fully saturated rings. The molecule has 0 radical (unpaired) electrons. The molecule has 19 heavy (non-hydrogen) atoms. The fourth-order valence-corrected chi connectivity index (χ4v) is 3.12. The Balaban J connectivity index is 2.66. The molecule has 6 heteroatoms. The summed E-state index contributed by atoms with van der Waals surface area (Å²) in [5.41, 5.74) is 6.76. The molecule has 0 spiro atoms. The Morgan fingerprint density at radius 1 is 1.32 bits per heavy atom. The third-order valence-corrected chi connectivity index (χ3v) is 4.17. The molecule has 2 rings (SSSR count). The molecule has 1 aliphatic rings. The highest BCUT2D eigenvalue weighted by Crippen LogP contribution is 2.44. The minimum Gasteiger partial charge on any atom is -0.392 e. The smallest absolute Gasteiger partial charge is 0.106 e. The molecule has 0 saturated carbocycles. The van der Waals surface area contributed by atoms with E-state index in [1.165, 1.54) is 0 Å². The van der Waals surface area contributed by atoms with E-state index < -0.39 is 11.8 Å². The first-order valence-electron chi connectivity index (χ1n) is 5.40. The fraction of sp³-hybridized carbons (Fsp3) is 0.154. The van der Waals surface area contributed by atoms with Crippen LogP contribution in [0.15, 0.2) is 34.9 Å². The Morgan fingerprint density at radius 3 is 2.58 bits per heavy atom. The van der Waals surface area contributed by atoms with E-state index >= 15 is 0 Å². The third-order valence-electron chi connectivity index (χ3n) is 2.91. The van der Waals surface area contributed by atoms with Gasteiger partial charge in [-0.2, -0.15) is 10.5 Å². The molecule has 0 amide bonds. The fourth-order valence-electron chi connectivity index (χ4n) is 2.03. The Kier molecular flexibility index (Phi) is 3.80. The SMILES string of the molecule is N#CC1=C(N)SC(=N)[C@@H](C#N)[C@H]1c1ccccc1Cl. The maximum absolute atomic E-state index is 9.26. The molecule has 1 aromatic carbocycles. The lowest BCUT2D eigenvalue weighted by molar-refractivity contribution is 0.729. The summed E-state index contributed by atoms with van der Waals surface area (Å²) in [6.07, 6.45) is 0. The van der Waals surface area contributed by atoms with E-state index in [1.807, 2.05) is 6.07 Å². The number of nitrogens with two attached hydrogens (primary N) is 1. The van der Waals surface area contributed by atoms with Gasteiger partial charge in [-0.15, -0.1) is 0 Å². The lowest BCUT2D eigenvalue weighted by Gasteiger charge is -2.28. The molecule has 1 aliphatic heterocycles. The first-order chi connectivity index (χ1) is 9.10. The van der Waals surface area contributed by atoms with Crippen molar-refractivity contribution in [1.82, 2.24) is 0 Å². The Labute approximate surface area is 120 Å². The van der Waals surface area contributed by atoms with Gasteiger partial charge < -0.3 is 5.73 Å². The summed E-state index contributed by atoms with van der Waals surface area (Å²) in [7, 11) is 0. The van der Waals surface area contributed by atoms with Crippen molar-refractivity contribution in [3.05, 3.63) is 45.5 Å². The summed E-state index contributed by atoms with van der Waals surface area (Å²) in [6.45, 7) is 0. The third kappa shape index (κ3) is 2.31. The standard InChI is InChI=1S/C13H9ClN4S/c14-10-4-2-1-3-7(10)11-8(5-15)12(17)19-13(18)9(11)6-16/h1-4,8,11,17H,18H2/t8-,11+/m0/s1. The van der Waals surface area contributed by atoms with Crippen molar-refractivity contribution < 1.29 is 0 Å². The van der Waals surface area contributed by atoms with Gasteiger partial charge in [0.2, 0.25) is 0 Å². The second-order valence-corrected chi connectivity index (χ2v) is 5.45. The van der Waals surface area contributed by atoms with E-state index in [9.17, 15) is 10.5 Å². The minimum absolute atomic E-state index is 0.143. The van der Waals surface area contributed by atoms with Crippen LogP contribution >= 0.6 is 23.4 Å². The van der Waals surface area contributed by atoms with Crippen LogP contribution in [-0.4, -0.2) is 5.04 Å². The number of halogens is 1. The monoisotopic (exact) mass is 288 g/mol. The van der Waals surface area contributed by atoms with Gasteiger partial charge in [-0.3, -0.25) is 5.41 Å². The second-order valence-electron chi connectivity index (χ2n) is 3.96. The van der Waals surface area contributed by atoms with Crippen LogP contribution in [0.1, 0.15) is 11.5 Å².